The van der Waals surface area contributed by atoms with Gasteiger partial charge < -0.3 is 14.7 Å². The highest BCUT2D eigenvalue weighted by Gasteiger charge is 2.32. The van der Waals surface area contributed by atoms with Crippen LogP contribution < -0.4 is 4.90 Å². The Bertz CT molecular complexity index is 458. The molecule has 0 radical (unpaired) electrons. The maximum absolute atomic E-state index is 11.7. The van der Waals surface area contributed by atoms with Crippen LogP contribution in [0.15, 0.2) is 24.3 Å². The monoisotopic (exact) mass is 235 g/mol. The van der Waals surface area contributed by atoms with E-state index in [0.717, 1.165) is 0 Å². The largest absolute Gasteiger partial charge is 0.465 e. The van der Waals surface area contributed by atoms with Crippen molar-refractivity contribution < 1.29 is 19.4 Å². The molecule has 17 heavy (non-hydrogen) atoms. The number of ether oxygens (including phenoxy) is 1. The van der Waals surface area contributed by atoms with Crippen LogP contribution >= 0.6 is 0 Å². The van der Waals surface area contributed by atoms with Gasteiger partial charge in [0, 0.05) is 13.0 Å². The first-order valence-corrected chi connectivity index (χ1v) is 5.32. The fraction of sp³-hybridized carbons (Fsp3) is 0.333. The summed E-state index contributed by atoms with van der Waals surface area (Å²) in [5.41, 5.74) is 0.818. The Morgan fingerprint density at radius 2 is 2.18 bits per heavy atom. The lowest BCUT2D eigenvalue weighted by Gasteiger charge is -2.18. The number of para-hydroxylation sites is 1. The van der Waals surface area contributed by atoms with Gasteiger partial charge in [0.2, 0.25) is 0 Å². The summed E-state index contributed by atoms with van der Waals surface area (Å²) < 4.78 is 4.66. The molecule has 1 aromatic rings. The van der Waals surface area contributed by atoms with Crippen LogP contribution in [0.5, 0.6) is 0 Å². The minimum atomic E-state index is -0.972. The second-order valence-electron chi connectivity index (χ2n) is 3.80. The SMILES string of the molecule is COC(=O)c1ccccc1N1CCC(O)C1=O. The normalized spacial score (nSPS) is 19.5. The van der Waals surface area contributed by atoms with Crippen LogP contribution in [0.3, 0.4) is 0 Å². The van der Waals surface area contributed by atoms with Crippen LogP contribution in [-0.2, 0) is 9.53 Å². The maximum atomic E-state index is 11.7. The number of nitrogens with zero attached hydrogens (tertiary/aromatic N) is 1. The van der Waals surface area contributed by atoms with Crippen molar-refractivity contribution in [2.75, 3.05) is 18.6 Å². The van der Waals surface area contributed by atoms with E-state index in [0.29, 0.717) is 24.2 Å². The number of benzene rings is 1. The van der Waals surface area contributed by atoms with E-state index in [1.54, 1.807) is 24.3 Å². The van der Waals surface area contributed by atoms with Gasteiger partial charge in [-0.05, 0) is 12.1 Å². The molecular weight excluding hydrogens is 222 g/mol. The number of carbonyl (C=O) groups is 2. The lowest BCUT2D eigenvalue weighted by Crippen LogP contribution is -2.30. The Kier molecular flexibility index (Phi) is 3.10. The van der Waals surface area contributed by atoms with Crippen LogP contribution in [0.25, 0.3) is 0 Å². The number of hydrogen-bond acceptors (Lipinski definition) is 4. The lowest BCUT2D eigenvalue weighted by molar-refractivity contribution is -0.123. The fourth-order valence-electron chi connectivity index (χ4n) is 1.90. The van der Waals surface area contributed by atoms with Crippen molar-refractivity contribution in [3.8, 4) is 0 Å². The highest BCUT2D eigenvalue weighted by Crippen LogP contribution is 2.25. The molecule has 1 aliphatic heterocycles. The van der Waals surface area contributed by atoms with Gasteiger partial charge in [0.1, 0.15) is 6.10 Å². The Hall–Kier alpha value is -1.88. The number of aliphatic hydroxyl groups excluding tert-OH is 1. The quantitative estimate of drug-likeness (QED) is 0.761. The molecule has 1 aromatic carbocycles. The van der Waals surface area contributed by atoms with Gasteiger partial charge in [-0.15, -0.1) is 0 Å². The first-order valence-electron chi connectivity index (χ1n) is 5.32. The third-order valence-corrected chi connectivity index (χ3v) is 2.78. The molecule has 1 saturated heterocycles. The molecule has 2 rings (SSSR count). The minimum Gasteiger partial charge on any atom is -0.465 e. The molecule has 1 amide bonds. The van der Waals surface area contributed by atoms with Crippen LogP contribution in [0, 0.1) is 0 Å². The van der Waals surface area contributed by atoms with Gasteiger partial charge >= 0.3 is 5.97 Å². The molecule has 1 fully saturated rings. The Morgan fingerprint density at radius 3 is 2.76 bits per heavy atom. The van der Waals surface area contributed by atoms with Crippen molar-refractivity contribution in [2.45, 2.75) is 12.5 Å². The van der Waals surface area contributed by atoms with Gasteiger partial charge in [-0.25, -0.2) is 4.79 Å². The van der Waals surface area contributed by atoms with Crippen LogP contribution in [0.4, 0.5) is 5.69 Å². The second-order valence-corrected chi connectivity index (χ2v) is 3.80. The zero-order chi connectivity index (χ0) is 12.4. The van der Waals surface area contributed by atoms with Gasteiger partial charge in [0.05, 0.1) is 18.4 Å². The summed E-state index contributed by atoms with van der Waals surface area (Å²) in [6, 6.07) is 6.70. The highest BCUT2D eigenvalue weighted by atomic mass is 16.5. The summed E-state index contributed by atoms with van der Waals surface area (Å²) in [6.07, 6.45) is -0.588. The van der Waals surface area contributed by atoms with Gasteiger partial charge in [-0.3, -0.25) is 4.79 Å². The first-order chi connectivity index (χ1) is 8.15. The molecule has 0 aliphatic carbocycles. The average Bonchev–Trinajstić information content (AvgIpc) is 2.69. The van der Waals surface area contributed by atoms with E-state index >= 15 is 0 Å². The first kappa shape index (κ1) is 11.6. The summed E-state index contributed by atoms with van der Waals surface area (Å²) in [6.45, 7) is 0.411. The predicted molar refractivity (Wildman–Crippen MR) is 60.8 cm³/mol. The minimum absolute atomic E-state index is 0.331. The van der Waals surface area contributed by atoms with Crippen LogP contribution in [0.1, 0.15) is 16.8 Å². The summed E-state index contributed by atoms with van der Waals surface area (Å²) >= 11 is 0. The Balaban J connectivity index is 2.39. The molecular formula is C12H13NO4. The van der Waals surface area contributed by atoms with Gasteiger partial charge in [0.15, 0.2) is 0 Å². The summed E-state index contributed by atoms with van der Waals surface area (Å²) in [7, 11) is 1.29. The highest BCUT2D eigenvalue weighted by molar-refractivity contribution is 6.05. The van der Waals surface area contributed by atoms with E-state index in [1.165, 1.54) is 12.0 Å². The number of carbonyl (C=O) groups excluding carboxylic acids is 2. The molecule has 90 valence electrons. The smallest absolute Gasteiger partial charge is 0.339 e. The standard InChI is InChI=1S/C12H13NO4/c1-17-12(16)8-4-2-3-5-9(8)13-7-6-10(14)11(13)15/h2-5,10,14H,6-7H2,1H3. The van der Waals surface area contributed by atoms with Crippen molar-refractivity contribution in [3.05, 3.63) is 29.8 Å². The van der Waals surface area contributed by atoms with Crippen molar-refractivity contribution in [1.29, 1.82) is 0 Å². The van der Waals surface area contributed by atoms with Crippen molar-refractivity contribution in [1.82, 2.24) is 0 Å². The Labute approximate surface area is 98.6 Å². The zero-order valence-corrected chi connectivity index (χ0v) is 9.42. The Morgan fingerprint density at radius 1 is 1.47 bits per heavy atom. The number of amides is 1. The third-order valence-electron chi connectivity index (χ3n) is 2.78. The molecule has 1 N–H and O–H groups in total. The maximum Gasteiger partial charge on any atom is 0.339 e. The van der Waals surface area contributed by atoms with Gasteiger partial charge in [-0.1, -0.05) is 12.1 Å². The topological polar surface area (TPSA) is 66.8 Å². The summed E-state index contributed by atoms with van der Waals surface area (Å²) in [5, 5.41) is 9.41. The number of rotatable bonds is 2. The zero-order valence-electron chi connectivity index (χ0n) is 9.42. The fourth-order valence-corrected chi connectivity index (χ4v) is 1.90. The molecule has 5 heteroatoms. The van der Waals surface area contributed by atoms with Gasteiger partial charge in [-0.2, -0.15) is 0 Å². The molecule has 1 unspecified atom stereocenters. The number of aliphatic hydroxyl groups is 1. The molecule has 1 heterocycles. The predicted octanol–water partition coefficient (Wildman–Crippen LogP) is 0.571. The molecule has 1 atom stereocenters. The molecule has 0 saturated carbocycles. The van der Waals surface area contributed by atoms with Gasteiger partial charge in [0.25, 0.3) is 5.91 Å². The number of methoxy groups -OCH3 is 1. The van der Waals surface area contributed by atoms with Crippen molar-refractivity contribution >= 4 is 17.6 Å². The molecule has 0 bridgehead atoms. The molecule has 0 aromatic heterocycles. The molecule has 1 aliphatic rings. The second kappa shape index (κ2) is 4.55. The lowest BCUT2D eigenvalue weighted by atomic mass is 10.1. The van der Waals surface area contributed by atoms with Crippen LogP contribution in [0.2, 0.25) is 0 Å². The van der Waals surface area contributed by atoms with E-state index in [9.17, 15) is 14.7 Å². The van der Waals surface area contributed by atoms with E-state index in [4.69, 9.17) is 0 Å². The van der Waals surface area contributed by atoms with Crippen molar-refractivity contribution in [2.24, 2.45) is 0 Å². The number of hydrogen-bond donors (Lipinski definition) is 1. The van der Waals surface area contributed by atoms with E-state index in [2.05, 4.69) is 4.74 Å². The average molecular weight is 235 g/mol. The van der Waals surface area contributed by atoms with Crippen LogP contribution in [-0.4, -0.2) is 36.7 Å². The van der Waals surface area contributed by atoms with Crippen molar-refractivity contribution in [3.63, 3.8) is 0 Å². The molecule has 5 nitrogen and oxygen atoms in total. The van der Waals surface area contributed by atoms with E-state index in [-0.39, 0.29) is 5.91 Å². The molecule has 0 spiro atoms. The third kappa shape index (κ3) is 2.01. The summed E-state index contributed by atoms with van der Waals surface area (Å²) in [4.78, 5) is 24.7. The van der Waals surface area contributed by atoms with E-state index < -0.39 is 12.1 Å². The summed E-state index contributed by atoms with van der Waals surface area (Å²) in [5.74, 6) is -0.865. The number of esters is 1. The number of anilines is 1. The van der Waals surface area contributed by atoms with E-state index in [1.807, 2.05) is 0 Å².